The maximum absolute atomic E-state index is 18.1. The SMILES string of the molecule is C[C@@H]1C[C@H]2[C@@H]3C[C@H](F)C4=CC(=O)C=C[C@]4(C)[C@@]3(F)[C@@H](O)C[C@]2(C)[C@@]1(C(=O)SCF)C(OC(c1ccccc1)(c1ccccc1)c1ccccc1)C(=O)O. The van der Waals surface area contributed by atoms with Crippen LogP contribution in [-0.4, -0.2) is 57.1 Å². The van der Waals surface area contributed by atoms with Gasteiger partial charge in [-0.2, -0.15) is 0 Å². The van der Waals surface area contributed by atoms with Crippen LogP contribution in [0.15, 0.2) is 115 Å². The summed E-state index contributed by atoms with van der Waals surface area (Å²) in [6.45, 7) is 4.85. The zero-order valence-corrected chi connectivity index (χ0v) is 30.6. The number of alkyl halides is 3. The first-order valence-corrected chi connectivity index (χ1v) is 19.0. The highest BCUT2D eigenvalue weighted by Gasteiger charge is 2.79. The number of benzene rings is 3. The Labute approximate surface area is 311 Å². The van der Waals surface area contributed by atoms with E-state index in [4.69, 9.17) is 4.74 Å². The Bertz CT molecular complexity index is 1860. The van der Waals surface area contributed by atoms with Crippen molar-refractivity contribution in [1.29, 1.82) is 0 Å². The van der Waals surface area contributed by atoms with E-state index < -0.39 is 92.9 Å². The van der Waals surface area contributed by atoms with Crippen molar-refractivity contribution >= 4 is 28.6 Å². The Morgan fingerprint density at radius 2 is 1.45 bits per heavy atom. The number of carbonyl (C=O) groups is 3. The van der Waals surface area contributed by atoms with Gasteiger partial charge in [0.05, 0.1) is 11.5 Å². The summed E-state index contributed by atoms with van der Waals surface area (Å²) in [5.41, 5.74) is -7.64. The lowest BCUT2D eigenvalue weighted by Crippen LogP contribution is -2.71. The molecule has 0 radical (unpaired) electrons. The van der Waals surface area contributed by atoms with E-state index in [0.29, 0.717) is 28.5 Å². The average Bonchev–Trinajstić information content (AvgIpc) is 3.38. The molecule has 7 rings (SSSR count). The number of aliphatic carboxylic acids is 1. The fraction of sp³-hybridized carbons (Fsp3) is 0.419. The quantitative estimate of drug-likeness (QED) is 0.213. The highest BCUT2D eigenvalue weighted by Crippen LogP contribution is 2.75. The van der Waals surface area contributed by atoms with Crippen LogP contribution in [0, 0.1) is 34.0 Å². The molecule has 0 saturated heterocycles. The number of rotatable bonds is 9. The van der Waals surface area contributed by atoms with Crippen molar-refractivity contribution in [2.75, 3.05) is 6.01 Å². The molecule has 278 valence electrons. The van der Waals surface area contributed by atoms with E-state index in [9.17, 15) is 29.0 Å². The smallest absolute Gasteiger partial charge is 0.334 e. The van der Waals surface area contributed by atoms with Crippen LogP contribution in [0.4, 0.5) is 13.2 Å². The normalized spacial score (nSPS) is 35.4. The van der Waals surface area contributed by atoms with Gasteiger partial charge in [-0.3, -0.25) is 9.59 Å². The van der Waals surface area contributed by atoms with E-state index in [1.54, 1.807) is 50.2 Å². The van der Waals surface area contributed by atoms with Crippen LogP contribution in [-0.2, 0) is 24.7 Å². The summed E-state index contributed by atoms with van der Waals surface area (Å²) in [7, 11) is 0. The molecule has 6 nitrogen and oxygen atoms in total. The lowest BCUT2D eigenvalue weighted by atomic mass is 9.43. The number of carboxylic acid groups (broad SMARTS) is 1. The van der Waals surface area contributed by atoms with Crippen LogP contribution >= 0.6 is 11.8 Å². The molecule has 3 fully saturated rings. The van der Waals surface area contributed by atoms with Gasteiger partial charge in [0.2, 0.25) is 5.12 Å². The minimum Gasteiger partial charge on any atom is -0.479 e. The second kappa shape index (κ2) is 13.4. The maximum Gasteiger partial charge on any atom is 0.334 e. The van der Waals surface area contributed by atoms with Crippen molar-refractivity contribution in [2.45, 2.75) is 69.7 Å². The van der Waals surface area contributed by atoms with E-state index in [1.807, 2.05) is 54.6 Å². The van der Waals surface area contributed by atoms with Gasteiger partial charge in [-0.05, 0) is 77.9 Å². The van der Waals surface area contributed by atoms with Crippen molar-refractivity contribution in [2.24, 2.45) is 34.0 Å². The summed E-state index contributed by atoms with van der Waals surface area (Å²) in [4.78, 5) is 41.3. The number of aliphatic hydroxyl groups is 1. The molecule has 10 atom stereocenters. The zero-order valence-electron chi connectivity index (χ0n) is 29.8. The van der Waals surface area contributed by atoms with Gasteiger partial charge in [-0.1, -0.05) is 123 Å². The molecule has 0 aliphatic heterocycles. The Morgan fingerprint density at radius 1 is 0.925 bits per heavy atom. The highest BCUT2D eigenvalue weighted by molar-refractivity contribution is 8.13. The molecular weight excluding hydrogens is 702 g/mol. The third-order valence-corrected chi connectivity index (χ3v) is 14.1. The molecule has 0 bridgehead atoms. The number of ketones is 1. The second-order valence-corrected chi connectivity index (χ2v) is 16.4. The number of aliphatic hydroxyl groups excluding tert-OH is 1. The van der Waals surface area contributed by atoms with Gasteiger partial charge < -0.3 is 14.9 Å². The van der Waals surface area contributed by atoms with E-state index in [2.05, 4.69) is 0 Å². The number of hydrogen-bond donors (Lipinski definition) is 2. The Hall–Kier alpha value is -3.99. The molecular formula is C43H43F3O6S. The molecule has 53 heavy (non-hydrogen) atoms. The van der Waals surface area contributed by atoms with Crippen LogP contribution in [0.2, 0.25) is 0 Å². The molecule has 0 amide bonds. The number of thioether (sulfide) groups is 1. The summed E-state index contributed by atoms with van der Waals surface area (Å²) < 4.78 is 56.0. The molecule has 3 saturated carbocycles. The number of halogens is 3. The minimum absolute atomic E-state index is 0.0436. The summed E-state index contributed by atoms with van der Waals surface area (Å²) in [5.74, 6) is -4.81. The van der Waals surface area contributed by atoms with Gasteiger partial charge in [-0.25, -0.2) is 18.0 Å². The number of ether oxygens (including phenoxy) is 1. The Balaban J connectivity index is 1.47. The fourth-order valence-corrected chi connectivity index (χ4v) is 12.0. The van der Waals surface area contributed by atoms with E-state index in [1.165, 1.54) is 19.1 Å². The number of carbonyl (C=O) groups excluding carboxylic acids is 2. The van der Waals surface area contributed by atoms with Crippen molar-refractivity contribution in [3.05, 3.63) is 131 Å². The minimum atomic E-state index is -2.46. The third kappa shape index (κ3) is 5.11. The Morgan fingerprint density at radius 3 is 1.94 bits per heavy atom. The van der Waals surface area contributed by atoms with Crippen molar-refractivity contribution in [3.63, 3.8) is 0 Å². The number of allylic oxidation sites excluding steroid dienone is 4. The van der Waals surface area contributed by atoms with Gasteiger partial charge in [0.1, 0.15) is 17.8 Å². The van der Waals surface area contributed by atoms with E-state index in [-0.39, 0.29) is 18.4 Å². The molecule has 1 unspecified atom stereocenters. The van der Waals surface area contributed by atoms with E-state index >= 15 is 8.78 Å². The molecule has 10 heteroatoms. The molecule has 2 N–H and O–H groups in total. The van der Waals surface area contributed by atoms with Crippen LogP contribution in [0.25, 0.3) is 0 Å². The number of fused-ring (bicyclic) bond motifs is 5. The lowest BCUT2D eigenvalue weighted by Gasteiger charge is -2.64. The van der Waals surface area contributed by atoms with Crippen LogP contribution in [0.5, 0.6) is 0 Å². The molecule has 0 aromatic heterocycles. The Kier molecular flexibility index (Phi) is 9.43. The van der Waals surface area contributed by atoms with Crippen molar-refractivity contribution in [1.82, 2.24) is 0 Å². The number of carboxylic acids is 1. The first-order valence-electron chi connectivity index (χ1n) is 18.0. The topological polar surface area (TPSA) is 101 Å². The van der Waals surface area contributed by atoms with Crippen molar-refractivity contribution in [3.8, 4) is 0 Å². The predicted octanol–water partition coefficient (Wildman–Crippen LogP) is 8.19. The van der Waals surface area contributed by atoms with Gasteiger partial charge in [0.25, 0.3) is 0 Å². The van der Waals surface area contributed by atoms with Gasteiger partial charge >= 0.3 is 5.97 Å². The first-order chi connectivity index (χ1) is 25.2. The first kappa shape index (κ1) is 37.3. The lowest BCUT2D eigenvalue weighted by molar-refractivity contribution is -0.231. The molecule has 0 heterocycles. The molecule has 4 aliphatic carbocycles. The van der Waals surface area contributed by atoms with Crippen LogP contribution < -0.4 is 0 Å². The van der Waals surface area contributed by atoms with Gasteiger partial charge in [-0.15, -0.1) is 0 Å². The van der Waals surface area contributed by atoms with Crippen molar-refractivity contribution < 1.29 is 42.5 Å². The molecule has 3 aromatic rings. The van der Waals surface area contributed by atoms with Crippen LogP contribution in [0.3, 0.4) is 0 Å². The third-order valence-electron chi connectivity index (χ3n) is 13.3. The standard InChI is InChI=1S/C43H43F3O6S/c1-26-21-31-32-23-34(45)33-22-30(47)19-20-39(33,2)43(32,46)35(48)24-40(31,3)41(26,38(51)53-25-44)36(37(49)50)52-42(27-13-7-4-8-14-27,28-15-9-5-10-16-28)29-17-11-6-12-18-29/h4-20,22,26,31-32,34-36,48H,21,23-25H2,1-3H3,(H,49,50)/t26-,31+,32+,34+,35+,36?,39+,40+,41-,43+/m1/s1. The molecule has 0 spiro atoms. The largest absolute Gasteiger partial charge is 0.479 e. The fourth-order valence-electron chi connectivity index (χ4n) is 11.1. The average molecular weight is 745 g/mol. The van der Waals surface area contributed by atoms with E-state index in [0.717, 1.165) is 6.08 Å². The second-order valence-electron chi connectivity index (χ2n) is 15.5. The summed E-state index contributed by atoms with van der Waals surface area (Å²) >= 11 is 0.336. The molecule has 4 aliphatic rings. The highest BCUT2D eigenvalue weighted by atomic mass is 32.2. The monoisotopic (exact) mass is 744 g/mol. The van der Waals surface area contributed by atoms with Gasteiger partial charge in [0, 0.05) is 11.3 Å². The summed E-state index contributed by atoms with van der Waals surface area (Å²) in [5, 5.41) is 22.8. The summed E-state index contributed by atoms with van der Waals surface area (Å²) in [6, 6.07) is 26.0. The predicted molar refractivity (Wildman–Crippen MR) is 196 cm³/mol. The maximum atomic E-state index is 18.1. The molecule has 3 aromatic carbocycles. The van der Waals surface area contributed by atoms with Crippen LogP contribution in [0.1, 0.15) is 56.7 Å². The van der Waals surface area contributed by atoms with Gasteiger partial charge in [0.15, 0.2) is 17.6 Å². The summed E-state index contributed by atoms with van der Waals surface area (Å²) in [6.07, 6.45) is -2.55. The number of hydrogen-bond acceptors (Lipinski definition) is 6. The zero-order chi connectivity index (χ0) is 38.0.